The Kier molecular flexibility index (Phi) is 6.46. The second-order valence-electron chi connectivity index (χ2n) is 9.09. The molecule has 0 unspecified atom stereocenters. The minimum Gasteiger partial charge on any atom is -0.357 e. The van der Waals surface area contributed by atoms with Gasteiger partial charge in [0, 0.05) is 49.3 Å². The van der Waals surface area contributed by atoms with E-state index in [9.17, 15) is 18.0 Å². The zero-order valence-electron chi connectivity index (χ0n) is 20.4. The monoisotopic (exact) mass is 509 g/mol. The fourth-order valence-electron chi connectivity index (χ4n) is 4.17. The quantitative estimate of drug-likeness (QED) is 0.350. The fourth-order valence-corrected chi connectivity index (χ4v) is 4.17. The summed E-state index contributed by atoms with van der Waals surface area (Å²) in [5, 5.41) is 5.88. The van der Waals surface area contributed by atoms with E-state index in [1.807, 2.05) is 13.0 Å². The number of fused-ring (bicyclic) bond motifs is 1. The Hall–Kier alpha value is -4.12. The molecule has 192 valence electrons. The predicted octanol–water partition coefficient (Wildman–Crippen LogP) is 5.03. The number of hydrogen-bond donors (Lipinski definition) is 3. The predicted molar refractivity (Wildman–Crippen MR) is 137 cm³/mol. The largest absolute Gasteiger partial charge is 0.416 e. The van der Waals surface area contributed by atoms with Crippen molar-refractivity contribution in [3.63, 3.8) is 0 Å². The number of nitrogens with one attached hydrogen (secondary N) is 3. The minimum absolute atomic E-state index is 0.0654. The molecule has 1 aliphatic rings. The first-order chi connectivity index (χ1) is 17.7. The number of amides is 1. The van der Waals surface area contributed by atoms with Crippen molar-refractivity contribution in [2.45, 2.75) is 13.1 Å². The lowest BCUT2D eigenvalue weighted by Crippen LogP contribution is -2.45. The average molecular weight is 510 g/mol. The van der Waals surface area contributed by atoms with Crippen molar-refractivity contribution in [2.24, 2.45) is 0 Å². The molecule has 0 atom stereocenters. The number of carbonyl (C=O) groups is 1. The molecule has 8 nitrogen and oxygen atoms in total. The van der Waals surface area contributed by atoms with Crippen LogP contribution in [-0.4, -0.2) is 59.0 Å². The first kappa shape index (κ1) is 24.6. The van der Waals surface area contributed by atoms with Crippen LogP contribution in [-0.2, 0) is 6.18 Å². The second kappa shape index (κ2) is 9.74. The van der Waals surface area contributed by atoms with Crippen LogP contribution in [0, 0.1) is 6.92 Å². The van der Waals surface area contributed by atoms with Gasteiger partial charge in [0.25, 0.3) is 5.91 Å². The van der Waals surface area contributed by atoms with Crippen molar-refractivity contribution in [2.75, 3.05) is 48.8 Å². The van der Waals surface area contributed by atoms with Crippen LogP contribution in [0.5, 0.6) is 0 Å². The third kappa shape index (κ3) is 5.36. The molecule has 4 aromatic rings. The van der Waals surface area contributed by atoms with Crippen LogP contribution in [0.4, 0.5) is 36.3 Å². The summed E-state index contributed by atoms with van der Waals surface area (Å²) in [4.78, 5) is 29.9. The molecule has 1 saturated heterocycles. The lowest BCUT2D eigenvalue weighted by Gasteiger charge is -2.32. The van der Waals surface area contributed by atoms with Crippen LogP contribution in [0.25, 0.3) is 11.0 Å². The number of carbonyl (C=O) groups excluding carboxylic acids is 1. The second-order valence-corrected chi connectivity index (χ2v) is 9.09. The Bertz CT molecular complexity index is 1440. The summed E-state index contributed by atoms with van der Waals surface area (Å²) >= 11 is 0. The van der Waals surface area contributed by atoms with E-state index < -0.39 is 17.6 Å². The lowest BCUT2D eigenvalue weighted by molar-refractivity contribution is -0.137. The van der Waals surface area contributed by atoms with E-state index in [2.05, 4.69) is 32.5 Å². The van der Waals surface area contributed by atoms with Crippen LogP contribution < -0.4 is 15.5 Å². The van der Waals surface area contributed by atoms with Crippen LogP contribution in [0.2, 0.25) is 0 Å². The molecule has 1 aliphatic heterocycles. The maximum absolute atomic E-state index is 13.0. The summed E-state index contributed by atoms with van der Waals surface area (Å²) in [6.07, 6.45) is -2.70. The van der Waals surface area contributed by atoms with Gasteiger partial charge in [-0.3, -0.25) is 4.79 Å². The number of nitrogens with zero attached hydrogens (tertiary/aromatic N) is 4. The molecule has 2 aromatic heterocycles. The maximum Gasteiger partial charge on any atom is 0.416 e. The number of likely N-dealkylation sites (N-methyl/N-ethyl adjacent to an activating group) is 1. The van der Waals surface area contributed by atoms with Gasteiger partial charge in [-0.1, -0.05) is 12.1 Å². The summed E-state index contributed by atoms with van der Waals surface area (Å²) in [5.74, 6) is 0.675. The van der Waals surface area contributed by atoms with Crippen LogP contribution >= 0.6 is 0 Å². The molecule has 5 rings (SSSR count). The van der Waals surface area contributed by atoms with Crippen molar-refractivity contribution < 1.29 is 18.0 Å². The first-order valence-corrected chi connectivity index (χ1v) is 11.8. The molecule has 11 heteroatoms. The SMILES string of the molecule is Cc1ccc(C(=O)Nc2cccc(C(F)(F)F)c2)cc1Nc1nc(N2CCN(C)CC2)nc2cc[nH]c12. The Morgan fingerprint density at radius 3 is 2.57 bits per heavy atom. The number of alkyl halides is 3. The molecule has 0 saturated carbocycles. The van der Waals surface area contributed by atoms with Gasteiger partial charge in [0.15, 0.2) is 5.82 Å². The van der Waals surface area contributed by atoms with E-state index in [1.165, 1.54) is 12.1 Å². The molecule has 1 fully saturated rings. The van der Waals surface area contributed by atoms with Crippen LogP contribution in [0.1, 0.15) is 21.5 Å². The molecule has 3 heterocycles. The molecular formula is C26H26F3N7O. The Labute approximate surface area is 211 Å². The minimum atomic E-state index is -4.49. The van der Waals surface area contributed by atoms with Gasteiger partial charge in [0.2, 0.25) is 5.95 Å². The summed E-state index contributed by atoms with van der Waals surface area (Å²) in [5.41, 5.74) is 2.55. The molecule has 2 aromatic carbocycles. The standard InChI is InChI=1S/C26H26F3N7O/c1-16-6-7-17(24(37)31-19-5-3-4-18(15-19)26(27,28)29)14-21(16)32-23-22-20(8-9-30-22)33-25(34-23)36-12-10-35(2)11-13-36/h3-9,14-15,30H,10-13H2,1-2H3,(H,31,37)(H,32,33,34). The van der Waals surface area contributed by atoms with Crippen molar-refractivity contribution >= 4 is 40.1 Å². The third-order valence-corrected chi connectivity index (χ3v) is 6.38. The summed E-state index contributed by atoms with van der Waals surface area (Å²) in [6, 6.07) is 11.5. The summed E-state index contributed by atoms with van der Waals surface area (Å²) in [6.45, 7) is 5.36. The van der Waals surface area contributed by atoms with E-state index in [4.69, 9.17) is 9.97 Å². The topological polar surface area (TPSA) is 89.2 Å². The Morgan fingerprint density at radius 2 is 1.81 bits per heavy atom. The summed E-state index contributed by atoms with van der Waals surface area (Å²) in [7, 11) is 2.08. The number of hydrogen-bond acceptors (Lipinski definition) is 6. The van der Waals surface area contributed by atoms with Gasteiger partial charge in [0.1, 0.15) is 5.52 Å². The van der Waals surface area contributed by atoms with Crippen molar-refractivity contribution in [3.8, 4) is 0 Å². The highest BCUT2D eigenvalue weighted by molar-refractivity contribution is 6.05. The van der Waals surface area contributed by atoms with Gasteiger partial charge in [-0.15, -0.1) is 0 Å². The first-order valence-electron chi connectivity index (χ1n) is 11.8. The van der Waals surface area contributed by atoms with E-state index in [-0.39, 0.29) is 5.69 Å². The number of anilines is 4. The number of rotatable bonds is 5. The van der Waals surface area contributed by atoms with Gasteiger partial charge in [-0.2, -0.15) is 18.2 Å². The number of benzene rings is 2. The van der Waals surface area contributed by atoms with Crippen molar-refractivity contribution in [1.29, 1.82) is 0 Å². The molecule has 3 N–H and O–H groups in total. The van der Waals surface area contributed by atoms with Crippen LogP contribution in [0.3, 0.4) is 0 Å². The smallest absolute Gasteiger partial charge is 0.357 e. The molecule has 0 bridgehead atoms. The number of aromatic nitrogens is 3. The number of aromatic amines is 1. The number of H-pyrrole nitrogens is 1. The normalized spacial score (nSPS) is 14.7. The van der Waals surface area contributed by atoms with Gasteiger partial charge >= 0.3 is 6.18 Å². The van der Waals surface area contributed by atoms with Gasteiger partial charge in [-0.25, -0.2) is 4.98 Å². The zero-order valence-corrected chi connectivity index (χ0v) is 20.4. The van der Waals surface area contributed by atoms with Crippen molar-refractivity contribution in [1.82, 2.24) is 19.9 Å². The van der Waals surface area contributed by atoms with E-state index >= 15 is 0 Å². The van der Waals surface area contributed by atoms with Crippen molar-refractivity contribution in [3.05, 3.63) is 71.4 Å². The molecular weight excluding hydrogens is 483 g/mol. The highest BCUT2D eigenvalue weighted by Gasteiger charge is 2.30. The fraction of sp³-hybridized carbons (Fsp3) is 0.269. The summed E-state index contributed by atoms with van der Waals surface area (Å²) < 4.78 is 39.1. The zero-order chi connectivity index (χ0) is 26.2. The number of piperazine rings is 1. The van der Waals surface area contributed by atoms with Crippen LogP contribution in [0.15, 0.2) is 54.7 Å². The van der Waals surface area contributed by atoms with Gasteiger partial charge in [-0.05, 0) is 55.9 Å². The van der Waals surface area contributed by atoms with Gasteiger partial charge < -0.3 is 25.4 Å². The molecule has 0 aliphatic carbocycles. The number of halogens is 3. The average Bonchev–Trinajstić information content (AvgIpc) is 3.34. The lowest BCUT2D eigenvalue weighted by atomic mass is 10.1. The Balaban J connectivity index is 1.41. The Morgan fingerprint density at radius 1 is 1.03 bits per heavy atom. The highest BCUT2D eigenvalue weighted by Crippen LogP contribution is 2.31. The molecule has 0 spiro atoms. The van der Waals surface area contributed by atoms with Gasteiger partial charge in [0.05, 0.1) is 11.1 Å². The molecule has 0 radical (unpaired) electrons. The van der Waals surface area contributed by atoms with E-state index in [1.54, 1.807) is 24.4 Å². The van der Waals surface area contributed by atoms with E-state index in [0.29, 0.717) is 23.0 Å². The number of aryl methyl sites for hydroxylation is 1. The third-order valence-electron chi connectivity index (χ3n) is 6.38. The van der Waals surface area contributed by atoms with E-state index in [0.717, 1.165) is 54.9 Å². The molecule has 1 amide bonds. The maximum atomic E-state index is 13.0. The molecule has 37 heavy (non-hydrogen) atoms. The highest BCUT2D eigenvalue weighted by atomic mass is 19.4.